The molecule has 1 atom stereocenters. The number of amides is 2. The number of hydrogen-bond acceptors (Lipinski definition) is 6. The van der Waals surface area contributed by atoms with Crippen LogP contribution in [0.25, 0.3) is 11.3 Å². The quantitative estimate of drug-likeness (QED) is 0.689. The summed E-state index contributed by atoms with van der Waals surface area (Å²) in [6.07, 6.45) is 1.15. The molecule has 2 aliphatic rings. The first-order chi connectivity index (χ1) is 16.6. The van der Waals surface area contributed by atoms with Gasteiger partial charge in [0.05, 0.1) is 19.0 Å². The van der Waals surface area contributed by atoms with E-state index in [9.17, 15) is 19.5 Å². The van der Waals surface area contributed by atoms with Crippen molar-refractivity contribution >= 4 is 18.1 Å². The number of rotatable bonds is 5. The van der Waals surface area contributed by atoms with Crippen molar-refractivity contribution in [3.8, 4) is 17.0 Å². The molecule has 4 rings (SSSR count). The summed E-state index contributed by atoms with van der Waals surface area (Å²) >= 11 is 0. The number of likely N-dealkylation sites (tertiary alicyclic amines) is 2. The van der Waals surface area contributed by atoms with Gasteiger partial charge in [0.2, 0.25) is 5.91 Å². The standard InChI is InChI=1S/C25H32N4O6/c1-25(2,3)35-24(33)27-10-8-16(13-27)11-22(30)28-14-18(15-28)17-5-6-21(34-4)19(12-17)20-7-9-26-29(20)23(31)32/h5-7,9,12,16,18H,8,10-11,13-15H2,1-4H3,(H,31,32)/t16-/m0/s1. The first-order valence-corrected chi connectivity index (χ1v) is 11.8. The van der Waals surface area contributed by atoms with Crippen molar-refractivity contribution in [3.63, 3.8) is 0 Å². The molecule has 2 aromatic rings. The lowest BCUT2D eigenvalue weighted by Crippen LogP contribution is -2.49. The molecule has 2 saturated heterocycles. The number of hydrogen-bond donors (Lipinski definition) is 1. The molecule has 1 aromatic heterocycles. The van der Waals surface area contributed by atoms with Gasteiger partial charge in [-0.2, -0.15) is 9.78 Å². The van der Waals surface area contributed by atoms with Crippen molar-refractivity contribution in [2.24, 2.45) is 5.92 Å². The monoisotopic (exact) mass is 484 g/mol. The van der Waals surface area contributed by atoms with Gasteiger partial charge in [0.25, 0.3) is 0 Å². The molecule has 0 aliphatic carbocycles. The van der Waals surface area contributed by atoms with Crippen LogP contribution >= 0.6 is 0 Å². The number of carboxylic acid groups (broad SMARTS) is 1. The van der Waals surface area contributed by atoms with Crippen molar-refractivity contribution in [1.82, 2.24) is 19.6 Å². The summed E-state index contributed by atoms with van der Waals surface area (Å²) in [5, 5.41) is 13.3. The number of benzene rings is 1. The highest BCUT2D eigenvalue weighted by molar-refractivity contribution is 5.79. The second-order valence-corrected chi connectivity index (χ2v) is 10.2. The Kier molecular flexibility index (Phi) is 6.73. The van der Waals surface area contributed by atoms with E-state index in [1.54, 1.807) is 11.0 Å². The van der Waals surface area contributed by atoms with Gasteiger partial charge in [-0.1, -0.05) is 6.07 Å². The predicted molar refractivity (Wildman–Crippen MR) is 127 cm³/mol. The molecule has 1 aromatic carbocycles. The first-order valence-electron chi connectivity index (χ1n) is 11.8. The van der Waals surface area contributed by atoms with Crippen LogP contribution in [0.2, 0.25) is 0 Å². The summed E-state index contributed by atoms with van der Waals surface area (Å²) in [5.41, 5.74) is 1.55. The highest BCUT2D eigenvalue weighted by atomic mass is 16.6. The molecule has 35 heavy (non-hydrogen) atoms. The minimum atomic E-state index is -1.17. The zero-order chi connectivity index (χ0) is 25.3. The van der Waals surface area contributed by atoms with E-state index in [1.807, 2.05) is 43.9 Å². The number of ether oxygens (including phenoxy) is 2. The van der Waals surface area contributed by atoms with Crippen LogP contribution in [0.1, 0.15) is 45.1 Å². The molecule has 10 heteroatoms. The zero-order valence-electron chi connectivity index (χ0n) is 20.6. The molecule has 2 aliphatic heterocycles. The van der Waals surface area contributed by atoms with Crippen LogP contribution < -0.4 is 4.74 Å². The fourth-order valence-corrected chi connectivity index (χ4v) is 4.60. The fraction of sp³-hybridized carbons (Fsp3) is 0.520. The number of carbonyl (C=O) groups is 3. The zero-order valence-corrected chi connectivity index (χ0v) is 20.6. The SMILES string of the molecule is COc1ccc(C2CN(C(=O)C[C@@H]3CCN(C(=O)OC(C)(C)C)C3)C2)cc1-c1ccnn1C(=O)O. The maximum Gasteiger partial charge on any atom is 0.432 e. The lowest BCUT2D eigenvalue weighted by Gasteiger charge is -2.40. The van der Waals surface area contributed by atoms with Gasteiger partial charge in [-0.05, 0) is 56.9 Å². The van der Waals surface area contributed by atoms with Crippen molar-refractivity contribution in [2.75, 3.05) is 33.3 Å². The maximum atomic E-state index is 12.8. The third-order valence-electron chi connectivity index (χ3n) is 6.43. The van der Waals surface area contributed by atoms with Gasteiger partial charge in [-0.3, -0.25) is 4.79 Å². The lowest BCUT2D eigenvalue weighted by molar-refractivity contribution is -0.136. The second-order valence-electron chi connectivity index (χ2n) is 10.2. The number of carbonyl (C=O) groups excluding carboxylic acids is 2. The van der Waals surface area contributed by atoms with Crippen LogP contribution in [0, 0.1) is 5.92 Å². The second kappa shape index (κ2) is 9.59. The van der Waals surface area contributed by atoms with Gasteiger partial charge < -0.3 is 24.4 Å². The molecule has 0 radical (unpaired) electrons. The smallest absolute Gasteiger partial charge is 0.432 e. The summed E-state index contributed by atoms with van der Waals surface area (Å²) < 4.78 is 11.8. The normalized spacial score (nSPS) is 18.3. The predicted octanol–water partition coefficient (Wildman–Crippen LogP) is 3.66. The topological polar surface area (TPSA) is 114 Å². The van der Waals surface area contributed by atoms with Crippen molar-refractivity contribution < 1.29 is 29.0 Å². The molecule has 2 fully saturated rings. The van der Waals surface area contributed by atoms with Crippen molar-refractivity contribution in [2.45, 2.75) is 45.1 Å². The van der Waals surface area contributed by atoms with E-state index in [0.29, 0.717) is 49.6 Å². The molecular formula is C25H32N4O6. The summed E-state index contributed by atoms with van der Waals surface area (Å²) in [6, 6.07) is 7.32. The van der Waals surface area contributed by atoms with Gasteiger partial charge >= 0.3 is 12.2 Å². The van der Waals surface area contributed by atoms with Crippen LogP contribution in [0.3, 0.4) is 0 Å². The largest absolute Gasteiger partial charge is 0.496 e. The molecule has 2 amide bonds. The Labute approximate surface area is 204 Å². The molecule has 10 nitrogen and oxygen atoms in total. The Morgan fingerprint density at radius 2 is 1.86 bits per heavy atom. The van der Waals surface area contributed by atoms with Gasteiger partial charge in [0.1, 0.15) is 11.4 Å². The highest BCUT2D eigenvalue weighted by Gasteiger charge is 2.36. The van der Waals surface area contributed by atoms with E-state index in [4.69, 9.17) is 9.47 Å². The van der Waals surface area contributed by atoms with E-state index >= 15 is 0 Å². The Morgan fingerprint density at radius 3 is 2.51 bits per heavy atom. The third kappa shape index (κ3) is 5.41. The Hall–Kier alpha value is -3.56. The first kappa shape index (κ1) is 24.6. The summed E-state index contributed by atoms with van der Waals surface area (Å²) in [7, 11) is 1.54. The molecular weight excluding hydrogens is 452 g/mol. The summed E-state index contributed by atoms with van der Waals surface area (Å²) in [5.74, 6) is 0.944. The summed E-state index contributed by atoms with van der Waals surface area (Å²) in [6.45, 7) is 7.88. The molecule has 0 saturated carbocycles. The lowest BCUT2D eigenvalue weighted by atomic mass is 9.89. The van der Waals surface area contributed by atoms with Crippen LogP contribution in [-0.2, 0) is 9.53 Å². The fourth-order valence-electron chi connectivity index (χ4n) is 4.60. The van der Waals surface area contributed by atoms with Gasteiger partial charge in [-0.25, -0.2) is 9.59 Å². The molecule has 188 valence electrons. The minimum absolute atomic E-state index is 0.0926. The number of methoxy groups -OCH3 is 1. The number of aromatic nitrogens is 2. The number of nitrogens with zero attached hydrogens (tertiary/aromatic N) is 4. The van der Waals surface area contributed by atoms with E-state index in [0.717, 1.165) is 16.7 Å². The van der Waals surface area contributed by atoms with Crippen molar-refractivity contribution in [3.05, 3.63) is 36.0 Å². The van der Waals surface area contributed by atoms with Gasteiger partial charge in [0.15, 0.2) is 0 Å². The molecule has 1 N–H and O–H groups in total. The molecule has 0 bridgehead atoms. The Bertz CT molecular complexity index is 1120. The Balaban J connectivity index is 1.34. The average Bonchev–Trinajstić information content (AvgIpc) is 3.41. The van der Waals surface area contributed by atoms with Crippen LogP contribution in [0.4, 0.5) is 9.59 Å². The third-order valence-corrected chi connectivity index (χ3v) is 6.43. The summed E-state index contributed by atoms with van der Waals surface area (Å²) in [4.78, 5) is 40.1. The van der Waals surface area contributed by atoms with E-state index in [1.165, 1.54) is 13.3 Å². The maximum absolute atomic E-state index is 12.8. The van der Waals surface area contributed by atoms with E-state index < -0.39 is 11.7 Å². The van der Waals surface area contributed by atoms with E-state index in [2.05, 4.69) is 5.10 Å². The average molecular weight is 485 g/mol. The molecule has 0 unspecified atom stereocenters. The van der Waals surface area contributed by atoms with Crippen LogP contribution in [0.5, 0.6) is 5.75 Å². The molecule has 0 spiro atoms. The Morgan fingerprint density at radius 1 is 1.11 bits per heavy atom. The van der Waals surface area contributed by atoms with Crippen LogP contribution in [0.15, 0.2) is 30.5 Å². The van der Waals surface area contributed by atoms with Crippen molar-refractivity contribution in [1.29, 1.82) is 0 Å². The van der Waals surface area contributed by atoms with Gasteiger partial charge in [-0.15, -0.1) is 0 Å². The van der Waals surface area contributed by atoms with Gasteiger partial charge in [0, 0.05) is 44.1 Å². The molecule has 3 heterocycles. The van der Waals surface area contributed by atoms with E-state index in [-0.39, 0.29) is 23.8 Å². The van der Waals surface area contributed by atoms with Crippen LogP contribution in [-0.4, -0.2) is 81.7 Å². The minimum Gasteiger partial charge on any atom is -0.496 e. The highest BCUT2D eigenvalue weighted by Crippen LogP contribution is 2.36.